The quantitative estimate of drug-likeness (QED) is 0.690. The Morgan fingerprint density at radius 1 is 1.33 bits per heavy atom. The molecule has 0 radical (unpaired) electrons. The van der Waals surface area contributed by atoms with Gasteiger partial charge in [-0.2, -0.15) is 0 Å². The molecule has 0 aromatic rings. The first-order valence-electron chi connectivity index (χ1n) is 5.49. The van der Waals surface area contributed by atoms with E-state index in [2.05, 4.69) is 24.5 Å². The van der Waals surface area contributed by atoms with Gasteiger partial charge in [-0.1, -0.05) is 13.8 Å². The second-order valence-electron chi connectivity index (χ2n) is 4.97. The highest BCUT2D eigenvalue weighted by Gasteiger charge is 2.13. The molecule has 0 rings (SSSR count). The van der Waals surface area contributed by atoms with Gasteiger partial charge in [-0.15, -0.1) is 0 Å². The molecule has 4 heteroatoms. The summed E-state index contributed by atoms with van der Waals surface area (Å²) in [5.74, 6) is 0. The van der Waals surface area contributed by atoms with Crippen LogP contribution in [0.4, 0.5) is 4.79 Å². The van der Waals surface area contributed by atoms with Gasteiger partial charge < -0.3 is 15.4 Å². The number of alkyl carbamates (subject to hydrolysis) is 1. The first kappa shape index (κ1) is 14.2. The van der Waals surface area contributed by atoms with Crippen LogP contribution in [0.3, 0.4) is 0 Å². The number of carbonyl (C=O) groups excluding carboxylic acids is 1. The summed E-state index contributed by atoms with van der Waals surface area (Å²) >= 11 is 0. The Morgan fingerprint density at radius 2 is 1.93 bits per heavy atom. The maximum atomic E-state index is 11.2. The van der Waals surface area contributed by atoms with E-state index in [1.54, 1.807) is 0 Å². The lowest BCUT2D eigenvalue weighted by Gasteiger charge is -2.20. The van der Waals surface area contributed by atoms with Crippen molar-refractivity contribution in [2.75, 3.05) is 13.2 Å². The van der Waals surface area contributed by atoms with E-state index in [-0.39, 0.29) is 11.6 Å². The molecule has 2 N–H and O–H groups in total. The predicted octanol–water partition coefficient (Wildman–Crippen LogP) is 1.90. The third-order valence-electron chi connectivity index (χ3n) is 1.58. The van der Waals surface area contributed by atoms with Crippen molar-refractivity contribution in [3.8, 4) is 0 Å². The fraction of sp³-hybridized carbons (Fsp3) is 0.909. The van der Waals surface area contributed by atoms with Gasteiger partial charge in [0.05, 0.1) is 6.61 Å². The molecule has 0 aliphatic rings. The average Bonchev–Trinajstić information content (AvgIpc) is 1.99. The lowest BCUT2D eigenvalue weighted by molar-refractivity contribution is 0.136. The van der Waals surface area contributed by atoms with E-state index in [0.29, 0.717) is 12.6 Å². The largest absolute Gasteiger partial charge is 0.450 e. The van der Waals surface area contributed by atoms with E-state index in [0.717, 1.165) is 13.0 Å². The van der Waals surface area contributed by atoms with Crippen molar-refractivity contribution in [2.45, 2.75) is 52.6 Å². The minimum absolute atomic E-state index is 0.229. The summed E-state index contributed by atoms with van der Waals surface area (Å²) in [6.07, 6.45) is 0.502. The normalized spacial score (nSPS) is 11.6. The van der Waals surface area contributed by atoms with Crippen LogP contribution in [0.5, 0.6) is 0 Å². The summed E-state index contributed by atoms with van der Waals surface area (Å²) in [6.45, 7) is 11.3. The van der Waals surface area contributed by atoms with Crippen LogP contribution < -0.4 is 10.6 Å². The topological polar surface area (TPSA) is 50.4 Å². The van der Waals surface area contributed by atoms with Crippen LogP contribution in [0.1, 0.15) is 41.0 Å². The van der Waals surface area contributed by atoms with Crippen molar-refractivity contribution < 1.29 is 9.53 Å². The highest BCUT2D eigenvalue weighted by atomic mass is 16.5. The smallest absolute Gasteiger partial charge is 0.407 e. The van der Waals surface area contributed by atoms with Gasteiger partial charge in [-0.25, -0.2) is 4.79 Å². The van der Waals surface area contributed by atoms with E-state index in [1.165, 1.54) is 0 Å². The molecule has 90 valence electrons. The zero-order chi connectivity index (χ0) is 11.9. The maximum Gasteiger partial charge on any atom is 0.407 e. The van der Waals surface area contributed by atoms with Crippen molar-refractivity contribution in [1.82, 2.24) is 10.6 Å². The van der Waals surface area contributed by atoms with E-state index >= 15 is 0 Å². The van der Waals surface area contributed by atoms with Crippen LogP contribution in [-0.2, 0) is 4.74 Å². The van der Waals surface area contributed by atoms with Crippen molar-refractivity contribution >= 4 is 6.09 Å². The predicted molar refractivity (Wildman–Crippen MR) is 62.0 cm³/mol. The maximum absolute atomic E-state index is 11.2. The highest BCUT2D eigenvalue weighted by molar-refractivity contribution is 5.67. The highest BCUT2D eigenvalue weighted by Crippen LogP contribution is 1.98. The summed E-state index contributed by atoms with van der Waals surface area (Å²) in [4.78, 5) is 11.2. The molecule has 0 aliphatic carbocycles. The van der Waals surface area contributed by atoms with Crippen molar-refractivity contribution in [3.05, 3.63) is 0 Å². The Bertz CT molecular complexity index is 186. The first-order valence-corrected chi connectivity index (χ1v) is 5.49. The molecule has 0 saturated heterocycles. The molecule has 0 aliphatic heterocycles. The number of ether oxygens (including phenoxy) is 1. The average molecular weight is 216 g/mol. The molecular weight excluding hydrogens is 192 g/mol. The number of hydrogen-bond donors (Lipinski definition) is 2. The number of amides is 1. The van der Waals surface area contributed by atoms with Gasteiger partial charge in [0.2, 0.25) is 0 Å². The molecule has 4 nitrogen and oxygen atoms in total. The van der Waals surface area contributed by atoms with Gasteiger partial charge in [0, 0.05) is 11.6 Å². The van der Waals surface area contributed by atoms with Crippen LogP contribution in [0, 0.1) is 0 Å². The van der Waals surface area contributed by atoms with Crippen molar-refractivity contribution in [2.24, 2.45) is 0 Å². The zero-order valence-electron chi connectivity index (χ0n) is 10.5. The molecule has 1 amide bonds. The lowest BCUT2D eigenvalue weighted by atomic mass is 10.1. The minimum atomic E-state index is -0.341. The van der Waals surface area contributed by atoms with Gasteiger partial charge in [-0.05, 0) is 33.7 Å². The van der Waals surface area contributed by atoms with E-state index in [4.69, 9.17) is 4.74 Å². The summed E-state index contributed by atoms with van der Waals surface area (Å²) < 4.78 is 5.01. The minimum Gasteiger partial charge on any atom is -0.450 e. The standard InChI is InChI=1S/C11H24N2O2/c1-9(2)12-7-6-8-15-10(14)13-11(3,4)5/h9,12H,6-8H2,1-5H3,(H,13,14). The summed E-state index contributed by atoms with van der Waals surface area (Å²) in [5, 5.41) is 5.99. The van der Waals surface area contributed by atoms with Gasteiger partial charge in [0.15, 0.2) is 0 Å². The van der Waals surface area contributed by atoms with Gasteiger partial charge in [0.25, 0.3) is 0 Å². The number of hydrogen-bond acceptors (Lipinski definition) is 3. The molecule has 0 aromatic heterocycles. The fourth-order valence-electron chi connectivity index (χ4n) is 0.970. The van der Waals surface area contributed by atoms with Crippen molar-refractivity contribution in [3.63, 3.8) is 0 Å². The first-order chi connectivity index (χ1) is 6.81. The molecule has 0 aromatic carbocycles. The third kappa shape index (κ3) is 11.2. The summed E-state index contributed by atoms with van der Waals surface area (Å²) in [7, 11) is 0. The van der Waals surface area contributed by atoms with Gasteiger partial charge >= 0.3 is 6.09 Å². The molecule has 0 bridgehead atoms. The molecule has 0 atom stereocenters. The Kier molecular flexibility index (Phi) is 6.32. The molecule has 0 fully saturated rings. The third-order valence-corrected chi connectivity index (χ3v) is 1.58. The molecule has 15 heavy (non-hydrogen) atoms. The monoisotopic (exact) mass is 216 g/mol. The fourth-order valence-corrected chi connectivity index (χ4v) is 0.970. The molecule has 0 saturated carbocycles. The van der Waals surface area contributed by atoms with E-state index in [1.807, 2.05) is 20.8 Å². The number of carbonyl (C=O) groups is 1. The van der Waals surface area contributed by atoms with Crippen LogP contribution in [0.15, 0.2) is 0 Å². The van der Waals surface area contributed by atoms with Crippen LogP contribution >= 0.6 is 0 Å². The van der Waals surface area contributed by atoms with Gasteiger partial charge in [-0.3, -0.25) is 0 Å². The Hall–Kier alpha value is -0.770. The lowest BCUT2D eigenvalue weighted by Crippen LogP contribution is -2.41. The number of rotatable bonds is 5. The van der Waals surface area contributed by atoms with Crippen molar-refractivity contribution in [1.29, 1.82) is 0 Å². The summed E-state index contributed by atoms with van der Waals surface area (Å²) in [5.41, 5.74) is -0.229. The van der Waals surface area contributed by atoms with Crippen LogP contribution in [0.2, 0.25) is 0 Å². The Labute approximate surface area is 92.8 Å². The second-order valence-corrected chi connectivity index (χ2v) is 4.97. The Balaban J connectivity index is 3.40. The van der Waals surface area contributed by atoms with Crippen LogP contribution in [0.25, 0.3) is 0 Å². The van der Waals surface area contributed by atoms with E-state index < -0.39 is 0 Å². The SMILES string of the molecule is CC(C)NCCCOC(=O)NC(C)(C)C. The van der Waals surface area contributed by atoms with Crippen LogP contribution in [-0.4, -0.2) is 30.8 Å². The second kappa shape index (κ2) is 6.67. The van der Waals surface area contributed by atoms with Gasteiger partial charge in [0.1, 0.15) is 0 Å². The molecule has 0 heterocycles. The van der Waals surface area contributed by atoms with E-state index in [9.17, 15) is 4.79 Å². The Morgan fingerprint density at radius 3 is 2.40 bits per heavy atom. The summed E-state index contributed by atoms with van der Waals surface area (Å²) in [6, 6.07) is 0.480. The molecule has 0 unspecified atom stereocenters. The molecule has 0 spiro atoms. The zero-order valence-corrected chi connectivity index (χ0v) is 10.5. The number of nitrogens with one attached hydrogen (secondary N) is 2. The molecular formula is C11H24N2O2.